The molecule has 8 heteroatoms. The number of methoxy groups -OCH3 is 1. The van der Waals surface area contributed by atoms with E-state index in [2.05, 4.69) is 15.6 Å². The molecule has 1 heterocycles. The van der Waals surface area contributed by atoms with Crippen LogP contribution in [0.3, 0.4) is 0 Å². The summed E-state index contributed by atoms with van der Waals surface area (Å²) in [6.45, 7) is 4.99. The summed E-state index contributed by atoms with van der Waals surface area (Å²) in [6, 6.07) is 12.2. The lowest BCUT2D eigenvalue weighted by Gasteiger charge is -2.21. The number of hydrogen-bond donors (Lipinski definition) is 2. The summed E-state index contributed by atoms with van der Waals surface area (Å²) < 4.78 is 33.2. The van der Waals surface area contributed by atoms with Crippen molar-refractivity contribution in [2.75, 3.05) is 31.6 Å². The number of halogens is 3. The van der Waals surface area contributed by atoms with Crippen molar-refractivity contribution in [3.63, 3.8) is 0 Å². The number of guanidine groups is 1. The van der Waals surface area contributed by atoms with Gasteiger partial charge in [-0.05, 0) is 36.6 Å². The number of aliphatic imine (C=N–C) groups is 1. The van der Waals surface area contributed by atoms with E-state index in [1.54, 1.807) is 12.0 Å². The Labute approximate surface area is 193 Å². The number of nitrogens with one attached hydrogen (secondary N) is 2. The lowest BCUT2D eigenvalue weighted by atomic mass is 10.1. The van der Waals surface area contributed by atoms with E-state index in [1.165, 1.54) is 18.2 Å². The van der Waals surface area contributed by atoms with E-state index in [-0.39, 0.29) is 35.7 Å². The maximum Gasteiger partial charge on any atom is 0.191 e. The lowest BCUT2D eigenvalue weighted by Crippen LogP contribution is -2.44. The standard InChI is InChI=1S/C22H28F2N4O.HI/c1-3-25-22(26-13-16-7-9-17(10-8-16)15-29-2)27-18-11-12-28(14-18)21-19(23)5-4-6-20(21)24;/h4-10,18H,3,11-15H2,1-2H3,(H2,25,26,27);1H. The van der Waals surface area contributed by atoms with Crippen molar-refractivity contribution < 1.29 is 13.5 Å². The Balaban J connectivity index is 0.00000320. The Morgan fingerprint density at radius 2 is 1.80 bits per heavy atom. The minimum absolute atomic E-state index is 0. The van der Waals surface area contributed by atoms with Crippen LogP contribution in [-0.2, 0) is 17.9 Å². The first-order valence-electron chi connectivity index (χ1n) is 9.91. The molecule has 30 heavy (non-hydrogen) atoms. The average Bonchev–Trinajstić information content (AvgIpc) is 3.15. The molecule has 1 atom stereocenters. The van der Waals surface area contributed by atoms with Crippen LogP contribution in [0.2, 0.25) is 0 Å². The fourth-order valence-corrected chi connectivity index (χ4v) is 3.46. The molecule has 1 fully saturated rings. The minimum Gasteiger partial charge on any atom is -0.380 e. The molecular weight excluding hydrogens is 501 g/mol. The summed E-state index contributed by atoms with van der Waals surface area (Å²) in [4.78, 5) is 6.40. The van der Waals surface area contributed by atoms with E-state index in [9.17, 15) is 8.78 Å². The van der Waals surface area contributed by atoms with Gasteiger partial charge >= 0.3 is 0 Å². The molecule has 1 unspecified atom stereocenters. The highest BCUT2D eigenvalue weighted by molar-refractivity contribution is 14.0. The largest absolute Gasteiger partial charge is 0.380 e. The summed E-state index contributed by atoms with van der Waals surface area (Å²) in [7, 11) is 1.68. The highest BCUT2D eigenvalue weighted by atomic mass is 127. The molecule has 3 rings (SSSR count). The van der Waals surface area contributed by atoms with Crippen LogP contribution in [0.1, 0.15) is 24.5 Å². The quantitative estimate of drug-likeness (QED) is 0.322. The van der Waals surface area contributed by atoms with Crippen LogP contribution in [-0.4, -0.2) is 38.7 Å². The van der Waals surface area contributed by atoms with Gasteiger partial charge in [0, 0.05) is 32.8 Å². The molecule has 1 saturated heterocycles. The maximum atomic E-state index is 14.1. The van der Waals surface area contributed by atoms with Gasteiger partial charge < -0.3 is 20.3 Å². The van der Waals surface area contributed by atoms with E-state index in [0.717, 1.165) is 24.1 Å². The van der Waals surface area contributed by atoms with Crippen LogP contribution in [0, 0.1) is 11.6 Å². The molecule has 0 saturated carbocycles. The van der Waals surface area contributed by atoms with E-state index in [4.69, 9.17) is 4.74 Å². The van der Waals surface area contributed by atoms with Gasteiger partial charge in [-0.2, -0.15) is 0 Å². The maximum absolute atomic E-state index is 14.1. The molecule has 1 aliphatic heterocycles. The number of anilines is 1. The number of nitrogens with zero attached hydrogens (tertiary/aromatic N) is 2. The first-order valence-corrected chi connectivity index (χ1v) is 9.91. The van der Waals surface area contributed by atoms with Crippen molar-refractivity contribution in [1.29, 1.82) is 0 Å². The van der Waals surface area contributed by atoms with Crippen LogP contribution < -0.4 is 15.5 Å². The molecule has 0 spiro atoms. The van der Waals surface area contributed by atoms with E-state index in [0.29, 0.717) is 32.2 Å². The lowest BCUT2D eigenvalue weighted by molar-refractivity contribution is 0.185. The first kappa shape index (κ1) is 24.3. The van der Waals surface area contributed by atoms with Gasteiger partial charge in [0.1, 0.15) is 17.3 Å². The first-order chi connectivity index (χ1) is 14.1. The normalized spacial score (nSPS) is 16.3. The van der Waals surface area contributed by atoms with Gasteiger partial charge in [-0.15, -0.1) is 24.0 Å². The Hall–Kier alpha value is -1.94. The second-order valence-corrected chi connectivity index (χ2v) is 7.09. The number of hydrogen-bond acceptors (Lipinski definition) is 3. The molecule has 0 aliphatic carbocycles. The third-order valence-electron chi connectivity index (χ3n) is 4.88. The Kier molecular flexibility index (Phi) is 9.77. The van der Waals surface area contributed by atoms with Crippen molar-refractivity contribution in [3.8, 4) is 0 Å². The molecule has 1 aliphatic rings. The smallest absolute Gasteiger partial charge is 0.191 e. The van der Waals surface area contributed by atoms with Gasteiger partial charge in [-0.25, -0.2) is 13.8 Å². The van der Waals surface area contributed by atoms with Crippen molar-refractivity contribution in [2.24, 2.45) is 4.99 Å². The molecule has 2 aromatic carbocycles. The van der Waals surface area contributed by atoms with E-state index in [1.807, 2.05) is 31.2 Å². The summed E-state index contributed by atoms with van der Waals surface area (Å²) in [5.41, 5.74) is 2.27. The van der Waals surface area contributed by atoms with Crippen molar-refractivity contribution in [2.45, 2.75) is 32.5 Å². The highest BCUT2D eigenvalue weighted by Crippen LogP contribution is 2.26. The molecule has 0 bridgehead atoms. The van der Waals surface area contributed by atoms with Gasteiger partial charge in [-0.1, -0.05) is 30.3 Å². The van der Waals surface area contributed by atoms with Crippen LogP contribution in [0.25, 0.3) is 0 Å². The molecule has 2 N–H and O–H groups in total. The summed E-state index contributed by atoms with van der Waals surface area (Å²) in [6.07, 6.45) is 0.782. The Morgan fingerprint density at radius 1 is 1.13 bits per heavy atom. The molecule has 0 radical (unpaired) electrons. The molecule has 0 amide bonds. The van der Waals surface area contributed by atoms with Gasteiger partial charge in [0.05, 0.1) is 13.2 Å². The molecule has 0 aromatic heterocycles. The fourth-order valence-electron chi connectivity index (χ4n) is 3.46. The Bertz CT molecular complexity index is 812. The van der Waals surface area contributed by atoms with Crippen molar-refractivity contribution in [3.05, 3.63) is 65.2 Å². The number of ether oxygens (including phenoxy) is 1. The summed E-state index contributed by atoms with van der Waals surface area (Å²) >= 11 is 0. The predicted molar refractivity (Wildman–Crippen MR) is 127 cm³/mol. The zero-order chi connectivity index (χ0) is 20.6. The SMILES string of the molecule is CCNC(=NCc1ccc(COC)cc1)NC1CCN(c2c(F)cccc2F)C1.I. The predicted octanol–water partition coefficient (Wildman–Crippen LogP) is 4.06. The van der Waals surface area contributed by atoms with Crippen LogP contribution in [0.4, 0.5) is 14.5 Å². The monoisotopic (exact) mass is 530 g/mol. The van der Waals surface area contributed by atoms with Gasteiger partial charge in [0.25, 0.3) is 0 Å². The van der Waals surface area contributed by atoms with E-state index < -0.39 is 11.6 Å². The van der Waals surface area contributed by atoms with Gasteiger partial charge in [-0.3, -0.25) is 0 Å². The van der Waals surface area contributed by atoms with Crippen molar-refractivity contribution in [1.82, 2.24) is 10.6 Å². The van der Waals surface area contributed by atoms with Crippen LogP contribution in [0.5, 0.6) is 0 Å². The third kappa shape index (κ3) is 6.53. The number of benzene rings is 2. The summed E-state index contributed by atoms with van der Waals surface area (Å²) in [5.74, 6) is -0.347. The zero-order valence-electron chi connectivity index (χ0n) is 17.3. The fraction of sp³-hybridized carbons (Fsp3) is 0.409. The third-order valence-corrected chi connectivity index (χ3v) is 4.88. The summed E-state index contributed by atoms with van der Waals surface area (Å²) in [5, 5.41) is 6.63. The molecule has 2 aromatic rings. The Morgan fingerprint density at radius 3 is 2.43 bits per heavy atom. The molecule has 164 valence electrons. The topological polar surface area (TPSA) is 48.9 Å². The van der Waals surface area contributed by atoms with E-state index >= 15 is 0 Å². The average molecular weight is 530 g/mol. The molecular formula is C22H29F2IN4O. The second-order valence-electron chi connectivity index (χ2n) is 7.09. The minimum atomic E-state index is -0.525. The van der Waals surface area contributed by atoms with Gasteiger partial charge in [0.2, 0.25) is 0 Å². The molecule has 5 nitrogen and oxygen atoms in total. The number of para-hydroxylation sites is 1. The van der Waals surface area contributed by atoms with Crippen LogP contribution in [0.15, 0.2) is 47.5 Å². The zero-order valence-corrected chi connectivity index (χ0v) is 19.7. The van der Waals surface area contributed by atoms with Gasteiger partial charge in [0.15, 0.2) is 5.96 Å². The highest BCUT2D eigenvalue weighted by Gasteiger charge is 2.27. The van der Waals surface area contributed by atoms with Crippen molar-refractivity contribution >= 4 is 35.6 Å². The number of rotatable bonds is 7. The second kappa shape index (κ2) is 12.0. The van der Waals surface area contributed by atoms with Crippen LogP contribution >= 0.6 is 24.0 Å².